The van der Waals surface area contributed by atoms with E-state index in [1.54, 1.807) is 24.1 Å². The minimum absolute atomic E-state index is 0.159. The molecule has 1 amide bonds. The van der Waals surface area contributed by atoms with E-state index in [4.69, 9.17) is 0 Å². The summed E-state index contributed by atoms with van der Waals surface area (Å²) in [6.07, 6.45) is 5.47. The molecule has 0 aliphatic rings. The molecule has 0 aliphatic heterocycles. The molecule has 6 nitrogen and oxygen atoms in total. The van der Waals surface area contributed by atoms with E-state index in [9.17, 15) is 9.18 Å². The van der Waals surface area contributed by atoms with Crippen LogP contribution in [0.1, 0.15) is 22.7 Å². The van der Waals surface area contributed by atoms with Crippen molar-refractivity contribution in [1.29, 1.82) is 0 Å². The molecule has 0 unspecified atom stereocenters. The maximum Gasteiger partial charge on any atom is 0.247 e. The van der Waals surface area contributed by atoms with Crippen molar-refractivity contribution in [2.75, 3.05) is 11.9 Å². The first kappa shape index (κ1) is 22.4. The lowest BCUT2D eigenvalue weighted by atomic mass is 10.0. The number of anilines is 1. The molecule has 0 aliphatic carbocycles. The van der Waals surface area contributed by atoms with Gasteiger partial charge < -0.3 is 10.6 Å². The van der Waals surface area contributed by atoms with Crippen molar-refractivity contribution in [2.24, 2.45) is 7.05 Å². The molecule has 0 spiro atoms. The summed E-state index contributed by atoms with van der Waals surface area (Å²) in [5.41, 5.74) is 4.18. The van der Waals surface area contributed by atoms with Gasteiger partial charge in [-0.05, 0) is 24.5 Å². The van der Waals surface area contributed by atoms with Crippen molar-refractivity contribution in [1.82, 2.24) is 20.1 Å². The van der Waals surface area contributed by atoms with Gasteiger partial charge in [0.2, 0.25) is 5.91 Å². The molecule has 2 heterocycles. The third-order valence-electron chi connectivity index (χ3n) is 5.40. The SMILES string of the molecule is Cc1ccc(CCN[C@H](C(=O)Nc2cc(F)c(-c3cnn(C)c3)cn2)c2ccccc2)cc1. The normalized spacial score (nSPS) is 11.8. The summed E-state index contributed by atoms with van der Waals surface area (Å²) in [6.45, 7) is 2.66. The molecule has 0 bridgehead atoms. The second-order valence-electron chi connectivity index (χ2n) is 7.97. The molecule has 2 aromatic carbocycles. The summed E-state index contributed by atoms with van der Waals surface area (Å²) in [5, 5.41) is 10.1. The summed E-state index contributed by atoms with van der Waals surface area (Å²) in [5.74, 6) is -0.616. The Hall–Kier alpha value is -3.84. The molecule has 4 aromatic rings. The van der Waals surface area contributed by atoms with Crippen LogP contribution >= 0.6 is 0 Å². The van der Waals surface area contributed by atoms with Crippen molar-refractivity contribution < 1.29 is 9.18 Å². The molecule has 168 valence electrons. The quantitative estimate of drug-likeness (QED) is 0.422. The van der Waals surface area contributed by atoms with Crippen LogP contribution in [0, 0.1) is 12.7 Å². The maximum atomic E-state index is 14.7. The third-order valence-corrected chi connectivity index (χ3v) is 5.40. The fraction of sp³-hybridized carbons (Fsp3) is 0.192. The monoisotopic (exact) mass is 443 g/mol. The van der Waals surface area contributed by atoms with Crippen molar-refractivity contribution in [3.63, 3.8) is 0 Å². The first-order chi connectivity index (χ1) is 16.0. The second kappa shape index (κ2) is 10.2. The van der Waals surface area contributed by atoms with Gasteiger partial charge in [0.15, 0.2) is 0 Å². The zero-order valence-electron chi connectivity index (χ0n) is 18.6. The Kier molecular flexibility index (Phi) is 6.90. The minimum Gasteiger partial charge on any atom is -0.309 e. The lowest BCUT2D eigenvalue weighted by Gasteiger charge is -2.19. The first-order valence-corrected chi connectivity index (χ1v) is 10.8. The smallest absolute Gasteiger partial charge is 0.247 e. The number of benzene rings is 2. The standard InChI is InChI=1S/C26H26FN5O/c1-18-8-10-19(11-9-18)12-13-28-25(20-6-4-3-5-7-20)26(33)31-24-14-23(27)22(16-29-24)21-15-30-32(2)17-21/h3-11,14-17,25,28H,12-13H2,1-2H3,(H,29,31,33)/t25-/m0/s1. The van der Waals surface area contributed by atoms with Gasteiger partial charge in [-0.3, -0.25) is 9.48 Å². The molecule has 2 aromatic heterocycles. The molecule has 0 fully saturated rings. The van der Waals surface area contributed by atoms with Gasteiger partial charge in [-0.25, -0.2) is 9.37 Å². The van der Waals surface area contributed by atoms with Crippen LogP contribution < -0.4 is 10.6 Å². The number of hydrogen-bond donors (Lipinski definition) is 2. The van der Waals surface area contributed by atoms with Gasteiger partial charge in [0, 0.05) is 43.2 Å². The van der Waals surface area contributed by atoms with E-state index in [2.05, 4.69) is 51.9 Å². The Bertz CT molecular complexity index is 1220. The van der Waals surface area contributed by atoms with Gasteiger partial charge in [-0.1, -0.05) is 60.2 Å². The van der Waals surface area contributed by atoms with E-state index in [1.807, 2.05) is 30.3 Å². The van der Waals surface area contributed by atoms with E-state index >= 15 is 0 Å². The number of pyridine rings is 1. The summed E-state index contributed by atoms with van der Waals surface area (Å²) in [6, 6.07) is 18.4. The average Bonchev–Trinajstić information content (AvgIpc) is 3.24. The number of aromatic nitrogens is 3. The fourth-order valence-corrected chi connectivity index (χ4v) is 3.59. The molecule has 7 heteroatoms. The number of aryl methyl sites for hydroxylation is 2. The lowest BCUT2D eigenvalue weighted by Crippen LogP contribution is -2.34. The van der Waals surface area contributed by atoms with Crippen molar-refractivity contribution in [2.45, 2.75) is 19.4 Å². The summed E-state index contributed by atoms with van der Waals surface area (Å²) >= 11 is 0. The van der Waals surface area contributed by atoms with E-state index in [0.29, 0.717) is 17.7 Å². The highest BCUT2D eigenvalue weighted by molar-refractivity contribution is 5.95. The van der Waals surface area contributed by atoms with Gasteiger partial charge in [-0.15, -0.1) is 0 Å². The molecular weight excluding hydrogens is 417 g/mol. The van der Waals surface area contributed by atoms with Crippen molar-refractivity contribution >= 4 is 11.7 Å². The molecule has 1 atom stereocenters. The Balaban J connectivity index is 1.47. The number of carbonyl (C=O) groups is 1. The highest BCUT2D eigenvalue weighted by Crippen LogP contribution is 2.23. The molecular formula is C26H26FN5O. The van der Waals surface area contributed by atoms with Crippen LogP contribution in [0.4, 0.5) is 10.2 Å². The molecule has 33 heavy (non-hydrogen) atoms. The zero-order valence-corrected chi connectivity index (χ0v) is 18.6. The van der Waals surface area contributed by atoms with Gasteiger partial charge in [0.25, 0.3) is 0 Å². The van der Waals surface area contributed by atoms with E-state index < -0.39 is 11.9 Å². The van der Waals surface area contributed by atoms with Gasteiger partial charge in [-0.2, -0.15) is 5.10 Å². The molecule has 2 N–H and O–H groups in total. The topological polar surface area (TPSA) is 71.8 Å². The van der Waals surface area contributed by atoms with Crippen LogP contribution in [0.3, 0.4) is 0 Å². The molecule has 0 saturated heterocycles. The zero-order chi connectivity index (χ0) is 23.2. The lowest BCUT2D eigenvalue weighted by molar-refractivity contribution is -0.118. The number of amides is 1. The molecule has 0 radical (unpaired) electrons. The predicted octanol–water partition coefficient (Wildman–Crippen LogP) is 4.44. The number of hydrogen-bond acceptors (Lipinski definition) is 4. The Labute approximate surface area is 192 Å². The van der Waals surface area contributed by atoms with Crippen LogP contribution in [0.25, 0.3) is 11.1 Å². The number of rotatable bonds is 8. The van der Waals surface area contributed by atoms with E-state index in [0.717, 1.165) is 12.0 Å². The Morgan fingerprint density at radius 2 is 1.85 bits per heavy atom. The summed E-state index contributed by atoms with van der Waals surface area (Å²) in [4.78, 5) is 17.4. The molecule has 0 saturated carbocycles. The summed E-state index contributed by atoms with van der Waals surface area (Å²) < 4.78 is 16.3. The van der Waals surface area contributed by atoms with Gasteiger partial charge >= 0.3 is 0 Å². The van der Waals surface area contributed by atoms with Crippen molar-refractivity contribution in [3.8, 4) is 11.1 Å². The number of nitrogens with one attached hydrogen (secondary N) is 2. The largest absolute Gasteiger partial charge is 0.309 e. The number of halogens is 1. The third kappa shape index (κ3) is 5.70. The van der Waals surface area contributed by atoms with Crippen LogP contribution in [-0.4, -0.2) is 27.2 Å². The molecule has 4 rings (SSSR count). The number of carbonyl (C=O) groups excluding carboxylic acids is 1. The highest BCUT2D eigenvalue weighted by atomic mass is 19.1. The predicted molar refractivity (Wildman–Crippen MR) is 127 cm³/mol. The van der Waals surface area contributed by atoms with E-state index in [1.165, 1.54) is 23.4 Å². The van der Waals surface area contributed by atoms with Crippen LogP contribution in [0.5, 0.6) is 0 Å². The van der Waals surface area contributed by atoms with E-state index in [-0.39, 0.29) is 11.7 Å². The van der Waals surface area contributed by atoms with Gasteiger partial charge in [0.1, 0.15) is 17.7 Å². The Morgan fingerprint density at radius 1 is 1.09 bits per heavy atom. The highest BCUT2D eigenvalue weighted by Gasteiger charge is 2.21. The van der Waals surface area contributed by atoms with Crippen molar-refractivity contribution in [3.05, 3.63) is 102 Å². The fourth-order valence-electron chi connectivity index (χ4n) is 3.59. The Morgan fingerprint density at radius 3 is 2.52 bits per heavy atom. The van der Waals surface area contributed by atoms with Gasteiger partial charge in [0.05, 0.1) is 6.20 Å². The summed E-state index contributed by atoms with van der Waals surface area (Å²) in [7, 11) is 1.76. The van der Waals surface area contributed by atoms with Crippen LogP contribution in [0.15, 0.2) is 79.3 Å². The van der Waals surface area contributed by atoms with Crippen LogP contribution in [0.2, 0.25) is 0 Å². The maximum absolute atomic E-state index is 14.7. The van der Waals surface area contributed by atoms with Crippen LogP contribution in [-0.2, 0) is 18.3 Å². The minimum atomic E-state index is -0.598. The second-order valence-corrected chi connectivity index (χ2v) is 7.97. The first-order valence-electron chi connectivity index (χ1n) is 10.8. The number of nitrogens with zero attached hydrogens (tertiary/aromatic N) is 3. The average molecular weight is 444 g/mol.